The van der Waals surface area contributed by atoms with Gasteiger partial charge in [0.05, 0.1) is 23.0 Å². The van der Waals surface area contributed by atoms with E-state index in [-0.39, 0.29) is 17.5 Å². The molecular weight excluding hydrogens is 411 g/mol. The van der Waals surface area contributed by atoms with Crippen LogP contribution in [0.4, 0.5) is 18.9 Å². The molecule has 0 unspecified atom stereocenters. The van der Waals surface area contributed by atoms with E-state index in [0.29, 0.717) is 11.4 Å². The van der Waals surface area contributed by atoms with Gasteiger partial charge in [-0.1, -0.05) is 24.3 Å². The van der Waals surface area contributed by atoms with Gasteiger partial charge in [0.15, 0.2) is 5.69 Å². The van der Waals surface area contributed by atoms with E-state index in [2.05, 4.69) is 10.4 Å². The number of carbonyl (C=O) groups is 1. The van der Waals surface area contributed by atoms with E-state index in [0.717, 1.165) is 16.8 Å². The molecule has 0 radical (unpaired) electrons. The fourth-order valence-corrected chi connectivity index (χ4v) is 2.95. The smallest absolute Gasteiger partial charge is 0.418 e. The van der Waals surface area contributed by atoms with Gasteiger partial charge in [-0.05, 0) is 45.0 Å². The highest BCUT2D eigenvalue weighted by Crippen LogP contribution is 2.33. The van der Waals surface area contributed by atoms with Crippen LogP contribution < -0.4 is 15.5 Å². The first-order chi connectivity index (χ1) is 14.6. The Morgan fingerprint density at radius 2 is 1.74 bits per heavy atom. The molecule has 1 aromatic heterocycles. The number of hydrogen-bond acceptors (Lipinski definition) is 4. The zero-order chi connectivity index (χ0) is 22.8. The van der Waals surface area contributed by atoms with Crippen LogP contribution in [0.1, 0.15) is 35.6 Å². The Morgan fingerprint density at radius 1 is 1.10 bits per heavy atom. The number of amides is 1. The van der Waals surface area contributed by atoms with Crippen LogP contribution in [-0.2, 0) is 6.18 Å². The highest BCUT2D eigenvalue weighted by atomic mass is 19.4. The Morgan fingerprint density at radius 3 is 2.42 bits per heavy atom. The van der Waals surface area contributed by atoms with Crippen molar-refractivity contribution in [3.8, 4) is 11.4 Å². The highest BCUT2D eigenvalue weighted by molar-refractivity contribution is 6.03. The number of para-hydroxylation sites is 3. The number of benzene rings is 2. The second-order valence-corrected chi connectivity index (χ2v) is 7.04. The van der Waals surface area contributed by atoms with E-state index in [9.17, 15) is 22.8 Å². The second kappa shape index (κ2) is 8.63. The van der Waals surface area contributed by atoms with Crippen LogP contribution in [0, 0.1) is 6.92 Å². The first-order valence-corrected chi connectivity index (χ1v) is 9.42. The molecule has 0 atom stereocenters. The van der Waals surface area contributed by atoms with Crippen molar-refractivity contribution in [1.29, 1.82) is 0 Å². The van der Waals surface area contributed by atoms with Gasteiger partial charge < -0.3 is 10.1 Å². The summed E-state index contributed by atoms with van der Waals surface area (Å²) in [5, 5.41) is 6.51. The van der Waals surface area contributed by atoms with Crippen LogP contribution in [0.25, 0.3) is 5.69 Å². The van der Waals surface area contributed by atoms with Gasteiger partial charge in [-0.15, -0.1) is 0 Å². The summed E-state index contributed by atoms with van der Waals surface area (Å²) < 4.78 is 46.9. The number of aryl methyl sites for hydroxylation is 1. The van der Waals surface area contributed by atoms with Gasteiger partial charge in [0.1, 0.15) is 5.75 Å². The van der Waals surface area contributed by atoms with Gasteiger partial charge in [-0.3, -0.25) is 9.59 Å². The van der Waals surface area contributed by atoms with Crippen molar-refractivity contribution in [1.82, 2.24) is 9.78 Å². The fraction of sp³-hybridized carbons (Fsp3) is 0.227. The first kappa shape index (κ1) is 22.1. The van der Waals surface area contributed by atoms with Crippen LogP contribution in [0.5, 0.6) is 5.75 Å². The molecule has 0 aliphatic carbocycles. The molecule has 1 amide bonds. The van der Waals surface area contributed by atoms with Crippen molar-refractivity contribution in [3.05, 3.63) is 81.8 Å². The van der Waals surface area contributed by atoms with E-state index in [1.807, 2.05) is 13.8 Å². The lowest BCUT2D eigenvalue weighted by Crippen LogP contribution is -2.27. The maximum atomic E-state index is 13.4. The summed E-state index contributed by atoms with van der Waals surface area (Å²) in [6.45, 7) is 5.07. The highest BCUT2D eigenvalue weighted by Gasteiger charge is 2.34. The normalized spacial score (nSPS) is 11.5. The van der Waals surface area contributed by atoms with Gasteiger partial charge in [0, 0.05) is 11.8 Å². The molecule has 3 aromatic rings. The molecule has 1 N–H and O–H groups in total. The molecule has 0 saturated carbocycles. The zero-order valence-corrected chi connectivity index (χ0v) is 17.0. The molecule has 0 aliphatic heterocycles. The van der Waals surface area contributed by atoms with Gasteiger partial charge in [-0.25, -0.2) is 4.68 Å². The lowest BCUT2D eigenvalue weighted by Gasteiger charge is -2.17. The summed E-state index contributed by atoms with van der Waals surface area (Å²) in [5.41, 5.74) is -2.01. The molecule has 0 spiro atoms. The lowest BCUT2D eigenvalue weighted by molar-refractivity contribution is -0.137. The summed E-state index contributed by atoms with van der Waals surface area (Å²) in [5.74, 6) is -0.469. The Balaban J connectivity index is 2.04. The molecule has 9 heteroatoms. The molecule has 0 saturated heterocycles. The van der Waals surface area contributed by atoms with Crippen LogP contribution in [-0.4, -0.2) is 21.8 Å². The van der Waals surface area contributed by atoms with Crippen LogP contribution in [0.15, 0.2) is 59.4 Å². The minimum Gasteiger partial charge on any atom is -0.489 e. The number of rotatable bonds is 5. The number of ether oxygens (including phenoxy) is 1. The third-order valence-corrected chi connectivity index (χ3v) is 4.26. The molecule has 0 aliphatic rings. The van der Waals surface area contributed by atoms with Crippen LogP contribution >= 0.6 is 0 Å². The number of aromatic nitrogens is 2. The predicted octanol–water partition coefficient (Wildman–Crippen LogP) is 4.60. The molecule has 6 nitrogen and oxygen atoms in total. The topological polar surface area (TPSA) is 73.2 Å². The number of halogens is 3. The summed E-state index contributed by atoms with van der Waals surface area (Å²) >= 11 is 0. The minimum atomic E-state index is -4.64. The molecular formula is C22H20F3N3O3. The van der Waals surface area contributed by atoms with Gasteiger partial charge in [-0.2, -0.15) is 18.3 Å². The Labute approximate surface area is 176 Å². The maximum absolute atomic E-state index is 13.4. The number of hydrogen-bond donors (Lipinski definition) is 1. The summed E-state index contributed by atoms with van der Waals surface area (Å²) in [4.78, 5) is 25.2. The van der Waals surface area contributed by atoms with Crippen molar-refractivity contribution in [2.75, 3.05) is 5.32 Å². The second-order valence-electron chi connectivity index (χ2n) is 7.04. The number of alkyl halides is 3. The number of nitrogens with one attached hydrogen (secondary N) is 1. The number of carbonyl (C=O) groups excluding carboxylic acids is 1. The average Bonchev–Trinajstić information content (AvgIpc) is 2.68. The lowest BCUT2D eigenvalue weighted by atomic mass is 10.1. The molecule has 2 aromatic carbocycles. The van der Waals surface area contributed by atoms with Crippen molar-refractivity contribution in [2.45, 2.75) is 33.1 Å². The van der Waals surface area contributed by atoms with Crippen molar-refractivity contribution in [3.63, 3.8) is 0 Å². The Kier molecular flexibility index (Phi) is 6.14. The van der Waals surface area contributed by atoms with E-state index >= 15 is 0 Å². The fourth-order valence-electron chi connectivity index (χ4n) is 2.95. The Hall–Kier alpha value is -3.62. The average molecular weight is 431 g/mol. The van der Waals surface area contributed by atoms with Gasteiger partial charge in [0.25, 0.3) is 5.91 Å². The van der Waals surface area contributed by atoms with E-state index in [4.69, 9.17) is 4.74 Å². The van der Waals surface area contributed by atoms with Crippen molar-refractivity contribution >= 4 is 11.6 Å². The number of anilines is 1. The number of nitrogens with zero attached hydrogens (tertiary/aromatic N) is 2. The SMILES string of the molecule is Cc1cc(=O)c(C(=O)Nc2ccccc2OC(C)C)nn1-c1ccccc1C(F)(F)F. The molecule has 1 heterocycles. The zero-order valence-electron chi connectivity index (χ0n) is 17.0. The largest absolute Gasteiger partial charge is 0.489 e. The molecule has 0 bridgehead atoms. The van der Waals surface area contributed by atoms with Crippen molar-refractivity contribution in [2.24, 2.45) is 0 Å². The summed E-state index contributed by atoms with van der Waals surface area (Å²) in [6, 6.07) is 12.5. The third-order valence-electron chi connectivity index (χ3n) is 4.26. The van der Waals surface area contributed by atoms with E-state index in [1.54, 1.807) is 24.3 Å². The standard InChI is InChI=1S/C22H20F3N3O3/c1-13(2)31-19-11-7-5-9-16(19)26-21(30)20-18(29)12-14(3)28(27-20)17-10-6-4-8-15(17)22(23,24)25/h4-13H,1-3H3,(H,26,30). The predicted molar refractivity (Wildman–Crippen MR) is 110 cm³/mol. The molecule has 3 rings (SSSR count). The van der Waals surface area contributed by atoms with Gasteiger partial charge in [0.2, 0.25) is 5.43 Å². The third kappa shape index (κ3) is 4.93. The minimum absolute atomic E-state index is 0.154. The quantitative estimate of drug-likeness (QED) is 0.641. The first-order valence-electron chi connectivity index (χ1n) is 9.42. The molecule has 31 heavy (non-hydrogen) atoms. The molecule has 162 valence electrons. The monoisotopic (exact) mass is 431 g/mol. The van der Waals surface area contributed by atoms with Crippen molar-refractivity contribution < 1.29 is 22.7 Å². The maximum Gasteiger partial charge on any atom is 0.418 e. The molecule has 0 fully saturated rings. The Bertz CT molecular complexity index is 1170. The summed E-state index contributed by atoms with van der Waals surface area (Å²) in [7, 11) is 0. The van der Waals surface area contributed by atoms with Crippen LogP contribution in [0.3, 0.4) is 0 Å². The van der Waals surface area contributed by atoms with E-state index < -0.39 is 28.8 Å². The van der Waals surface area contributed by atoms with E-state index in [1.165, 1.54) is 25.1 Å². The van der Waals surface area contributed by atoms with Crippen LogP contribution in [0.2, 0.25) is 0 Å². The van der Waals surface area contributed by atoms with Gasteiger partial charge >= 0.3 is 6.18 Å². The summed E-state index contributed by atoms with van der Waals surface area (Å²) in [6.07, 6.45) is -4.80.